The minimum absolute atomic E-state index is 0.270. The van der Waals surface area contributed by atoms with Crippen LogP contribution in [0.1, 0.15) is 23.2 Å². The number of benzene rings is 1. The van der Waals surface area contributed by atoms with Gasteiger partial charge in [0.2, 0.25) is 0 Å². The Morgan fingerprint density at radius 3 is 2.56 bits per heavy atom. The summed E-state index contributed by atoms with van der Waals surface area (Å²) in [5.41, 5.74) is 1.07. The molecule has 0 radical (unpaired) electrons. The highest BCUT2D eigenvalue weighted by atomic mass is 16.2. The van der Waals surface area contributed by atoms with Gasteiger partial charge in [-0.25, -0.2) is 9.97 Å². The van der Waals surface area contributed by atoms with E-state index in [9.17, 15) is 4.79 Å². The molecule has 0 fully saturated rings. The largest absolute Gasteiger partial charge is 0.370 e. The Labute approximate surface area is 157 Å². The molecule has 0 atom stereocenters. The van der Waals surface area contributed by atoms with E-state index in [-0.39, 0.29) is 11.6 Å². The molecule has 0 bridgehead atoms. The highest BCUT2D eigenvalue weighted by Crippen LogP contribution is 2.10. The number of nitrogens with zero attached hydrogens (tertiary/aromatic N) is 5. The van der Waals surface area contributed by atoms with Gasteiger partial charge in [0.25, 0.3) is 5.91 Å². The van der Waals surface area contributed by atoms with Crippen LogP contribution in [0.2, 0.25) is 0 Å². The molecule has 0 aliphatic carbocycles. The smallest absolute Gasteiger partial charge is 0.273 e. The fourth-order valence-electron chi connectivity index (χ4n) is 2.44. The van der Waals surface area contributed by atoms with E-state index in [0.717, 1.165) is 18.1 Å². The molecule has 3 aromatic rings. The van der Waals surface area contributed by atoms with Gasteiger partial charge in [-0.2, -0.15) is 9.90 Å². The lowest BCUT2D eigenvalue weighted by atomic mass is 10.3. The summed E-state index contributed by atoms with van der Waals surface area (Å²) in [6, 6.07) is 11.3. The van der Waals surface area contributed by atoms with Crippen molar-refractivity contribution in [2.75, 3.05) is 30.3 Å². The first-order chi connectivity index (χ1) is 13.2. The first kappa shape index (κ1) is 18.3. The molecule has 9 heteroatoms. The summed E-state index contributed by atoms with van der Waals surface area (Å²) < 4.78 is 0. The zero-order valence-electron chi connectivity index (χ0n) is 15.3. The van der Waals surface area contributed by atoms with Crippen LogP contribution in [0.3, 0.4) is 0 Å². The number of para-hydroxylation sites is 1. The van der Waals surface area contributed by atoms with Crippen molar-refractivity contribution < 1.29 is 4.79 Å². The molecule has 2 heterocycles. The predicted molar refractivity (Wildman–Crippen MR) is 103 cm³/mol. The van der Waals surface area contributed by atoms with E-state index in [1.807, 2.05) is 50.2 Å². The Bertz CT molecular complexity index is 893. The molecule has 0 saturated carbocycles. The topological polar surface area (TPSA) is 110 Å². The third-order valence-electron chi connectivity index (χ3n) is 3.62. The van der Waals surface area contributed by atoms with Crippen molar-refractivity contribution >= 4 is 17.5 Å². The fourth-order valence-corrected chi connectivity index (χ4v) is 2.44. The second kappa shape index (κ2) is 8.75. The Kier molecular flexibility index (Phi) is 5.93. The average molecular weight is 366 g/mol. The van der Waals surface area contributed by atoms with Crippen LogP contribution in [0.15, 0.2) is 42.6 Å². The summed E-state index contributed by atoms with van der Waals surface area (Å²) in [5, 5.41) is 17.5. The monoisotopic (exact) mass is 366 g/mol. The number of carbonyl (C=O) groups is 1. The number of hydrogen-bond donors (Lipinski definition) is 3. The molecule has 0 saturated heterocycles. The number of amides is 1. The zero-order chi connectivity index (χ0) is 19.1. The lowest BCUT2D eigenvalue weighted by Gasteiger charge is -2.09. The molecule has 0 aliphatic rings. The molecule has 0 aliphatic heterocycles. The first-order valence-corrected chi connectivity index (χ1v) is 8.75. The highest BCUT2D eigenvalue weighted by molar-refractivity contribution is 5.91. The Morgan fingerprint density at radius 1 is 1.07 bits per heavy atom. The van der Waals surface area contributed by atoms with Crippen molar-refractivity contribution in [3.8, 4) is 5.69 Å². The minimum Gasteiger partial charge on any atom is -0.370 e. The Morgan fingerprint density at radius 2 is 1.81 bits per heavy atom. The minimum atomic E-state index is -0.272. The summed E-state index contributed by atoms with van der Waals surface area (Å²) >= 11 is 0. The number of anilines is 2. The maximum Gasteiger partial charge on any atom is 0.273 e. The SMILES string of the molecule is CCNc1cc(NCCNC(=O)c2cnn(-c3ccccc3)n2)nc(C)n1. The third kappa shape index (κ3) is 5.00. The zero-order valence-corrected chi connectivity index (χ0v) is 15.3. The summed E-state index contributed by atoms with van der Waals surface area (Å²) in [7, 11) is 0. The van der Waals surface area contributed by atoms with Gasteiger partial charge in [-0.05, 0) is 26.0 Å². The van der Waals surface area contributed by atoms with E-state index >= 15 is 0 Å². The van der Waals surface area contributed by atoms with Crippen LogP contribution < -0.4 is 16.0 Å². The second-order valence-corrected chi connectivity index (χ2v) is 5.75. The quantitative estimate of drug-likeness (QED) is 0.520. The van der Waals surface area contributed by atoms with Gasteiger partial charge in [-0.1, -0.05) is 18.2 Å². The van der Waals surface area contributed by atoms with Gasteiger partial charge in [0.15, 0.2) is 5.69 Å². The van der Waals surface area contributed by atoms with E-state index in [4.69, 9.17) is 0 Å². The summed E-state index contributed by atoms with van der Waals surface area (Å²) in [5.74, 6) is 1.89. The van der Waals surface area contributed by atoms with Gasteiger partial charge in [0.1, 0.15) is 17.5 Å². The van der Waals surface area contributed by atoms with Gasteiger partial charge >= 0.3 is 0 Å². The van der Waals surface area contributed by atoms with Crippen LogP contribution in [0, 0.1) is 6.92 Å². The second-order valence-electron chi connectivity index (χ2n) is 5.75. The normalized spacial score (nSPS) is 10.4. The van der Waals surface area contributed by atoms with Crippen molar-refractivity contribution in [1.82, 2.24) is 30.3 Å². The average Bonchev–Trinajstić information content (AvgIpc) is 3.16. The molecule has 140 valence electrons. The van der Waals surface area contributed by atoms with Gasteiger partial charge in [-0.3, -0.25) is 4.79 Å². The Balaban J connectivity index is 1.50. The Hall–Kier alpha value is -3.49. The van der Waals surface area contributed by atoms with Crippen LogP contribution in [-0.4, -0.2) is 50.5 Å². The van der Waals surface area contributed by atoms with E-state index < -0.39 is 0 Å². The maximum absolute atomic E-state index is 12.2. The molecule has 2 aromatic heterocycles. The van der Waals surface area contributed by atoms with E-state index in [1.165, 1.54) is 11.0 Å². The highest BCUT2D eigenvalue weighted by Gasteiger charge is 2.10. The fraction of sp³-hybridized carbons (Fsp3) is 0.278. The standard InChI is InChI=1S/C18H22N8O/c1-3-19-16-11-17(24-13(2)23-16)20-9-10-21-18(27)15-12-22-26(25-15)14-7-5-4-6-8-14/h4-8,11-12H,3,9-10H2,1-2H3,(H,21,27)(H2,19,20,23,24). The van der Waals surface area contributed by atoms with Crippen molar-refractivity contribution in [3.05, 3.63) is 54.1 Å². The van der Waals surface area contributed by atoms with Crippen LogP contribution in [0.5, 0.6) is 0 Å². The van der Waals surface area contributed by atoms with Gasteiger partial charge in [-0.15, -0.1) is 5.10 Å². The van der Waals surface area contributed by atoms with E-state index in [2.05, 4.69) is 36.1 Å². The number of aryl methyl sites for hydroxylation is 1. The number of hydrogen-bond acceptors (Lipinski definition) is 7. The molecule has 27 heavy (non-hydrogen) atoms. The maximum atomic E-state index is 12.2. The third-order valence-corrected chi connectivity index (χ3v) is 3.62. The molecule has 9 nitrogen and oxygen atoms in total. The van der Waals surface area contributed by atoms with Crippen molar-refractivity contribution in [2.45, 2.75) is 13.8 Å². The molecule has 3 N–H and O–H groups in total. The number of aromatic nitrogens is 5. The summed E-state index contributed by atoms with van der Waals surface area (Å²) in [6.45, 7) is 5.59. The lowest BCUT2D eigenvalue weighted by Crippen LogP contribution is -2.29. The molecule has 0 unspecified atom stereocenters. The molecule has 0 spiro atoms. The number of nitrogens with one attached hydrogen (secondary N) is 3. The molecular formula is C18H22N8O. The van der Waals surface area contributed by atoms with Crippen molar-refractivity contribution in [1.29, 1.82) is 0 Å². The lowest BCUT2D eigenvalue weighted by molar-refractivity contribution is 0.0950. The summed E-state index contributed by atoms with van der Waals surface area (Å²) in [6.07, 6.45) is 1.45. The molecular weight excluding hydrogens is 344 g/mol. The van der Waals surface area contributed by atoms with Gasteiger partial charge < -0.3 is 16.0 Å². The number of rotatable bonds is 8. The van der Waals surface area contributed by atoms with Crippen LogP contribution >= 0.6 is 0 Å². The van der Waals surface area contributed by atoms with Crippen LogP contribution in [0.25, 0.3) is 5.69 Å². The number of carbonyl (C=O) groups excluding carboxylic acids is 1. The van der Waals surface area contributed by atoms with Gasteiger partial charge in [0, 0.05) is 25.7 Å². The van der Waals surface area contributed by atoms with Crippen LogP contribution in [0.4, 0.5) is 11.6 Å². The van der Waals surface area contributed by atoms with Crippen LogP contribution in [-0.2, 0) is 0 Å². The predicted octanol–water partition coefficient (Wildman–Crippen LogP) is 1.64. The van der Waals surface area contributed by atoms with Crippen molar-refractivity contribution in [2.24, 2.45) is 0 Å². The molecule has 1 aromatic carbocycles. The molecule has 3 rings (SSSR count). The van der Waals surface area contributed by atoms with E-state index in [1.54, 1.807) is 0 Å². The molecule has 1 amide bonds. The van der Waals surface area contributed by atoms with E-state index in [0.29, 0.717) is 24.7 Å². The van der Waals surface area contributed by atoms with Crippen molar-refractivity contribution in [3.63, 3.8) is 0 Å². The van der Waals surface area contributed by atoms with Gasteiger partial charge in [0.05, 0.1) is 11.9 Å². The summed E-state index contributed by atoms with van der Waals surface area (Å²) in [4.78, 5) is 22.3. The first-order valence-electron chi connectivity index (χ1n) is 8.75.